The second-order valence-electron chi connectivity index (χ2n) is 3.07. The fraction of sp³-hybridized carbons (Fsp3) is 0.300. The Kier molecular flexibility index (Phi) is 3.79. The van der Waals surface area contributed by atoms with Crippen molar-refractivity contribution in [3.05, 3.63) is 29.6 Å². The van der Waals surface area contributed by atoms with E-state index in [9.17, 15) is 9.59 Å². The Morgan fingerprint density at radius 2 is 2.00 bits per heavy atom. The maximum absolute atomic E-state index is 10.5. The molecule has 1 heterocycles. The summed E-state index contributed by atoms with van der Waals surface area (Å²) in [5.74, 6) is -1.87. The fourth-order valence-corrected chi connectivity index (χ4v) is 1.24. The average molecular weight is 209 g/mol. The predicted molar refractivity (Wildman–Crippen MR) is 51.5 cm³/mol. The zero-order valence-corrected chi connectivity index (χ0v) is 8.01. The summed E-state index contributed by atoms with van der Waals surface area (Å²) in [6, 6.07) is 3.37. The summed E-state index contributed by atoms with van der Waals surface area (Å²) in [5, 5.41) is 17.1. The van der Waals surface area contributed by atoms with Gasteiger partial charge in [-0.1, -0.05) is 6.07 Å². The van der Waals surface area contributed by atoms with Crippen molar-refractivity contribution in [3.63, 3.8) is 0 Å². The third-order valence-corrected chi connectivity index (χ3v) is 1.91. The Bertz CT molecular complexity index is 375. The van der Waals surface area contributed by atoms with Crippen LogP contribution in [-0.2, 0) is 22.4 Å². The van der Waals surface area contributed by atoms with Crippen LogP contribution in [0.2, 0.25) is 0 Å². The van der Waals surface area contributed by atoms with Gasteiger partial charge < -0.3 is 10.2 Å². The third-order valence-electron chi connectivity index (χ3n) is 1.91. The second-order valence-corrected chi connectivity index (χ2v) is 3.07. The van der Waals surface area contributed by atoms with Crippen molar-refractivity contribution < 1.29 is 19.8 Å². The number of aliphatic carboxylic acids is 2. The zero-order chi connectivity index (χ0) is 11.3. The van der Waals surface area contributed by atoms with E-state index in [0.29, 0.717) is 17.7 Å². The number of aryl methyl sites for hydroxylation is 1. The standard InChI is InChI=1S/C10H11NO4/c12-9(13)4-3-7-2-1-5-11-8(7)6-10(14)15/h1-2,5H,3-4,6H2,(H,12,13)(H,14,15). The van der Waals surface area contributed by atoms with Gasteiger partial charge >= 0.3 is 11.9 Å². The van der Waals surface area contributed by atoms with Crippen molar-refractivity contribution in [2.24, 2.45) is 0 Å². The number of pyridine rings is 1. The largest absolute Gasteiger partial charge is 0.481 e. The molecular weight excluding hydrogens is 198 g/mol. The molecule has 2 N–H and O–H groups in total. The minimum Gasteiger partial charge on any atom is -0.481 e. The Morgan fingerprint density at radius 3 is 2.60 bits per heavy atom. The fourth-order valence-electron chi connectivity index (χ4n) is 1.24. The normalized spacial score (nSPS) is 9.87. The molecule has 0 bridgehead atoms. The molecule has 0 aromatic carbocycles. The molecular formula is C10H11NO4. The van der Waals surface area contributed by atoms with Crippen LogP contribution >= 0.6 is 0 Å². The molecule has 80 valence electrons. The molecule has 0 aliphatic heterocycles. The number of carboxylic acid groups (broad SMARTS) is 2. The summed E-state index contributed by atoms with van der Waals surface area (Å²) in [7, 11) is 0. The molecule has 1 rings (SSSR count). The minimum atomic E-state index is -0.967. The van der Waals surface area contributed by atoms with Crippen molar-refractivity contribution >= 4 is 11.9 Å². The van der Waals surface area contributed by atoms with E-state index in [1.807, 2.05) is 0 Å². The third kappa shape index (κ3) is 3.76. The van der Waals surface area contributed by atoms with Gasteiger partial charge in [-0.25, -0.2) is 0 Å². The summed E-state index contributed by atoms with van der Waals surface area (Å²) < 4.78 is 0. The molecule has 0 fully saturated rings. The number of rotatable bonds is 5. The van der Waals surface area contributed by atoms with Crippen LogP contribution in [0.15, 0.2) is 18.3 Å². The molecule has 0 saturated carbocycles. The van der Waals surface area contributed by atoms with E-state index in [-0.39, 0.29) is 12.8 Å². The number of hydrogen-bond acceptors (Lipinski definition) is 3. The van der Waals surface area contributed by atoms with Gasteiger partial charge in [0.1, 0.15) is 0 Å². The van der Waals surface area contributed by atoms with Gasteiger partial charge in [0.2, 0.25) is 0 Å². The Hall–Kier alpha value is -1.91. The topological polar surface area (TPSA) is 87.5 Å². The molecule has 0 atom stereocenters. The van der Waals surface area contributed by atoms with Crippen LogP contribution in [-0.4, -0.2) is 27.1 Å². The van der Waals surface area contributed by atoms with Crippen LogP contribution in [0.5, 0.6) is 0 Å². The average Bonchev–Trinajstić information content (AvgIpc) is 2.15. The van der Waals surface area contributed by atoms with E-state index in [0.717, 1.165) is 0 Å². The van der Waals surface area contributed by atoms with E-state index in [1.54, 1.807) is 12.1 Å². The highest BCUT2D eigenvalue weighted by Gasteiger charge is 2.08. The Balaban J connectivity index is 2.76. The second kappa shape index (κ2) is 5.09. The van der Waals surface area contributed by atoms with Gasteiger partial charge in [0.15, 0.2) is 0 Å². The molecule has 0 unspecified atom stereocenters. The Labute approximate surface area is 86.4 Å². The molecule has 0 aliphatic carbocycles. The van der Waals surface area contributed by atoms with Crippen LogP contribution in [0.3, 0.4) is 0 Å². The first-order valence-corrected chi connectivity index (χ1v) is 4.46. The van der Waals surface area contributed by atoms with Crippen LogP contribution in [0.1, 0.15) is 17.7 Å². The summed E-state index contributed by atoms with van der Waals surface area (Å²) in [4.78, 5) is 24.8. The minimum absolute atomic E-state index is 0.0156. The number of hydrogen-bond donors (Lipinski definition) is 2. The van der Waals surface area contributed by atoms with E-state index < -0.39 is 11.9 Å². The summed E-state index contributed by atoms with van der Waals surface area (Å²) in [5.41, 5.74) is 1.12. The van der Waals surface area contributed by atoms with Crippen molar-refractivity contribution in [1.82, 2.24) is 4.98 Å². The van der Waals surface area contributed by atoms with Gasteiger partial charge in [-0.2, -0.15) is 0 Å². The van der Waals surface area contributed by atoms with Gasteiger partial charge in [-0.15, -0.1) is 0 Å². The lowest BCUT2D eigenvalue weighted by Crippen LogP contribution is -2.07. The van der Waals surface area contributed by atoms with Gasteiger partial charge in [0, 0.05) is 12.6 Å². The van der Waals surface area contributed by atoms with Crippen molar-refractivity contribution in [1.29, 1.82) is 0 Å². The molecule has 0 radical (unpaired) electrons. The maximum atomic E-state index is 10.5. The molecule has 5 nitrogen and oxygen atoms in total. The highest BCUT2D eigenvalue weighted by atomic mass is 16.4. The highest BCUT2D eigenvalue weighted by Crippen LogP contribution is 2.09. The van der Waals surface area contributed by atoms with Gasteiger partial charge in [0.25, 0.3) is 0 Å². The lowest BCUT2D eigenvalue weighted by atomic mass is 10.1. The first kappa shape index (κ1) is 11.2. The molecule has 1 aromatic rings. The summed E-state index contributed by atoms with van der Waals surface area (Å²) in [6.07, 6.45) is 1.63. The number of carboxylic acids is 2. The first-order chi connectivity index (χ1) is 7.09. The summed E-state index contributed by atoms with van der Waals surface area (Å²) >= 11 is 0. The quantitative estimate of drug-likeness (QED) is 0.746. The molecule has 0 amide bonds. The van der Waals surface area contributed by atoms with Gasteiger partial charge in [-0.3, -0.25) is 14.6 Å². The van der Waals surface area contributed by atoms with Crippen molar-refractivity contribution in [2.45, 2.75) is 19.3 Å². The van der Waals surface area contributed by atoms with Gasteiger partial charge in [0.05, 0.1) is 12.1 Å². The number of carbonyl (C=O) groups is 2. The highest BCUT2D eigenvalue weighted by molar-refractivity contribution is 5.70. The Morgan fingerprint density at radius 1 is 1.27 bits per heavy atom. The van der Waals surface area contributed by atoms with Crippen LogP contribution in [0.25, 0.3) is 0 Å². The SMILES string of the molecule is O=C(O)CCc1cccnc1CC(=O)O. The number of aromatic nitrogens is 1. The lowest BCUT2D eigenvalue weighted by Gasteiger charge is -2.04. The molecule has 15 heavy (non-hydrogen) atoms. The van der Waals surface area contributed by atoms with E-state index in [2.05, 4.69) is 4.98 Å². The van der Waals surface area contributed by atoms with E-state index >= 15 is 0 Å². The van der Waals surface area contributed by atoms with Crippen LogP contribution in [0.4, 0.5) is 0 Å². The molecule has 0 spiro atoms. The van der Waals surface area contributed by atoms with Crippen LogP contribution in [0, 0.1) is 0 Å². The molecule has 0 aliphatic rings. The molecule has 1 aromatic heterocycles. The zero-order valence-electron chi connectivity index (χ0n) is 8.01. The first-order valence-electron chi connectivity index (χ1n) is 4.46. The van der Waals surface area contributed by atoms with E-state index in [4.69, 9.17) is 10.2 Å². The number of nitrogens with zero attached hydrogens (tertiary/aromatic N) is 1. The van der Waals surface area contributed by atoms with E-state index in [1.165, 1.54) is 6.20 Å². The lowest BCUT2D eigenvalue weighted by molar-refractivity contribution is -0.137. The van der Waals surface area contributed by atoms with Gasteiger partial charge in [-0.05, 0) is 18.1 Å². The molecule has 5 heteroatoms. The van der Waals surface area contributed by atoms with Crippen molar-refractivity contribution in [3.8, 4) is 0 Å². The van der Waals surface area contributed by atoms with Crippen LogP contribution < -0.4 is 0 Å². The smallest absolute Gasteiger partial charge is 0.309 e. The summed E-state index contributed by atoms with van der Waals surface area (Å²) in [6.45, 7) is 0. The monoisotopic (exact) mass is 209 g/mol. The maximum Gasteiger partial charge on any atom is 0.309 e. The predicted octanol–water partition coefficient (Wildman–Crippen LogP) is 0.726. The van der Waals surface area contributed by atoms with Crippen molar-refractivity contribution in [2.75, 3.05) is 0 Å². The molecule has 0 saturated heterocycles.